The van der Waals surface area contributed by atoms with Crippen LogP contribution in [0.1, 0.15) is 18.3 Å². The number of hydrogen-bond acceptors (Lipinski definition) is 4. The van der Waals surface area contributed by atoms with Crippen LogP contribution in [0.5, 0.6) is 0 Å². The third-order valence-electron chi connectivity index (χ3n) is 3.21. The van der Waals surface area contributed by atoms with Crippen LogP contribution in [-0.4, -0.2) is 28.3 Å². The van der Waals surface area contributed by atoms with Crippen LogP contribution in [0.2, 0.25) is 0 Å². The van der Waals surface area contributed by atoms with Crippen molar-refractivity contribution in [3.05, 3.63) is 32.9 Å². The minimum atomic E-state index is -0.0675. The van der Waals surface area contributed by atoms with Gasteiger partial charge in [0.1, 0.15) is 5.82 Å². The Morgan fingerprint density at radius 1 is 1.61 bits per heavy atom. The van der Waals surface area contributed by atoms with E-state index >= 15 is 0 Å². The molecule has 0 fully saturated rings. The largest absolute Gasteiger partial charge is 0.383 e. The van der Waals surface area contributed by atoms with Gasteiger partial charge in [0.05, 0.1) is 18.2 Å². The lowest BCUT2D eigenvalue weighted by atomic mass is 10.2. The number of aryl methyl sites for hydroxylation is 1. The van der Waals surface area contributed by atoms with Crippen molar-refractivity contribution < 1.29 is 4.74 Å². The van der Waals surface area contributed by atoms with E-state index in [-0.39, 0.29) is 11.6 Å². The number of nitrogens with zero attached hydrogens (tertiary/aromatic N) is 3. The summed E-state index contributed by atoms with van der Waals surface area (Å²) in [6.45, 7) is 0.538. The molecule has 6 heteroatoms. The van der Waals surface area contributed by atoms with Crippen LogP contribution in [0.4, 0.5) is 0 Å². The third-order valence-corrected chi connectivity index (χ3v) is 3.64. The quantitative estimate of drug-likeness (QED) is 0.847. The third kappa shape index (κ3) is 1.76. The highest BCUT2D eigenvalue weighted by Crippen LogP contribution is 2.24. The molecule has 1 atom stereocenters. The van der Waals surface area contributed by atoms with E-state index in [0.29, 0.717) is 17.6 Å². The van der Waals surface area contributed by atoms with Crippen LogP contribution in [-0.2, 0) is 11.2 Å². The normalized spacial score (nSPS) is 18.2. The van der Waals surface area contributed by atoms with Gasteiger partial charge >= 0.3 is 0 Å². The topological polar surface area (TPSA) is 57.0 Å². The maximum absolute atomic E-state index is 12.4. The molecule has 0 spiro atoms. The first kappa shape index (κ1) is 11.8. The summed E-state index contributed by atoms with van der Waals surface area (Å²) in [4.78, 5) is 21.1. The number of aromatic nitrogens is 3. The van der Waals surface area contributed by atoms with Gasteiger partial charge in [0.25, 0.3) is 5.56 Å². The van der Waals surface area contributed by atoms with Crippen LogP contribution < -0.4 is 5.56 Å². The molecule has 0 amide bonds. The molecule has 0 saturated heterocycles. The molecule has 1 aliphatic heterocycles. The van der Waals surface area contributed by atoms with Gasteiger partial charge in [-0.15, -0.1) is 0 Å². The molecule has 0 radical (unpaired) electrons. The number of methoxy groups -OCH3 is 1. The van der Waals surface area contributed by atoms with Crippen molar-refractivity contribution in [2.45, 2.75) is 18.9 Å². The van der Waals surface area contributed by atoms with Gasteiger partial charge in [-0.25, -0.2) is 9.97 Å². The Morgan fingerprint density at radius 3 is 3.22 bits per heavy atom. The monoisotopic (exact) mass is 309 g/mol. The molecule has 1 aliphatic rings. The molecule has 5 nitrogen and oxygen atoms in total. The van der Waals surface area contributed by atoms with Crippen LogP contribution in [0, 0.1) is 0 Å². The minimum Gasteiger partial charge on any atom is -0.383 e. The lowest BCUT2D eigenvalue weighted by Gasteiger charge is -2.13. The van der Waals surface area contributed by atoms with E-state index in [2.05, 4.69) is 25.9 Å². The summed E-state index contributed by atoms with van der Waals surface area (Å²) in [7, 11) is 1.65. The molecule has 3 rings (SSSR count). The van der Waals surface area contributed by atoms with E-state index in [9.17, 15) is 4.79 Å². The molecule has 2 aromatic rings. The van der Waals surface area contributed by atoms with E-state index in [1.165, 1.54) is 0 Å². The maximum atomic E-state index is 12.4. The number of rotatable bonds is 2. The van der Waals surface area contributed by atoms with Crippen molar-refractivity contribution in [2.24, 2.45) is 0 Å². The van der Waals surface area contributed by atoms with Crippen LogP contribution in [0.3, 0.4) is 0 Å². The zero-order valence-corrected chi connectivity index (χ0v) is 11.5. The van der Waals surface area contributed by atoms with Crippen LogP contribution >= 0.6 is 15.9 Å². The molecular formula is C12H12BrN3O2. The fourth-order valence-electron chi connectivity index (χ4n) is 2.43. The van der Waals surface area contributed by atoms with Gasteiger partial charge in [0.15, 0.2) is 5.52 Å². The fraction of sp³-hybridized carbons (Fsp3) is 0.417. The Balaban J connectivity index is 2.25. The lowest BCUT2D eigenvalue weighted by molar-refractivity contribution is 0.157. The molecule has 2 aromatic heterocycles. The average Bonchev–Trinajstić information content (AvgIpc) is 2.73. The standard InChI is InChI=1S/C12H12BrN3O2/c1-18-6-8-2-3-10-15-9-4-7(13)5-14-11(9)12(17)16(8)10/h4-5,8H,2-3,6H2,1H3. The van der Waals surface area contributed by atoms with E-state index in [1.807, 2.05) is 6.07 Å². The van der Waals surface area contributed by atoms with Crippen molar-refractivity contribution in [1.29, 1.82) is 0 Å². The van der Waals surface area contributed by atoms with Crippen molar-refractivity contribution in [3.8, 4) is 0 Å². The van der Waals surface area contributed by atoms with E-state index in [1.54, 1.807) is 17.9 Å². The molecular weight excluding hydrogens is 298 g/mol. The van der Waals surface area contributed by atoms with E-state index < -0.39 is 0 Å². The first-order valence-corrected chi connectivity index (χ1v) is 6.55. The predicted octanol–water partition coefficient (Wildman–Crippen LogP) is 1.69. The van der Waals surface area contributed by atoms with Gasteiger partial charge in [-0.1, -0.05) is 0 Å². The molecule has 18 heavy (non-hydrogen) atoms. The second-order valence-corrected chi connectivity index (χ2v) is 5.29. The molecule has 0 bridgehead atoms. The first-order chi connectivity index (χ1) is 8.70. The summed E-state index contributed by atoms with van der Waals surface area (Å²) in [5.41, 5.74) is 1.01. The van der Waals surface area contributed by atoms with Crippen LogP contribution in [0.25, 0.3) is 11.0 Å². The highest BCUT2D eigenvalue weighted by Gasteiger charge is 2.25. The van der Waals surface area contributed by atoms with Gasteiger partial charge in [-0.3, -0.25) is 9.36 Å². The van der Waals surface area contributed by atoms with Crippen molar-refractivity contribution in [1.82, 2.24) is 14.5 Å². The summed E-state index contributed by atoms with van der Waals surface area (Å²) in [5.74, 6) is 0.828. The minimum absolute atomic E-state index is 0.0675. The van der Waals surface area contributed by atoms with Gasteiger partial charge in [0.2, 0.25) is 0 Å². The number of hydrogen-bond donors (Lipinski definition) is 0. The number of pyridine rings is 1. The summed E-state index contributed by atoms with van der Waals surface area (Å²) in [6, 6.07) is 1.91. The van der Waals surface area contributed by atoms with Crippen molar-refractivity contribution in [2.75, 3.05) is 13.7 Å². The van der Waals surface area contributed by atoms with Crippen LogP contribution in [0.15, 0.2) is 21.5 Å². The highest BCUT2D eigenvalue weighted by molar-refractivity contribution is 9.10. The molecule has 0 aromatic carbocycles. The maximum Gasteiger partial charge on any atom is 0.280 e. The lowest BCUT2D eigenvalue weighted by Crippen LogP contribution is -2.27. The molecule has 0 N–H and O–H groups in total. The van der Waals surface area contributed by atoms with E-state index in [0.717, 1.165) is 23.1 Å². The van der Waals surface area contributed by atoms with Gasteiger partial charge in [-0.2, -0.15) is 0 Å². The average molecular weight is 310 g/mol. The SMILES string of the molecule is COCC1CCc2nc3cc(Br)cnc3c(=O)n21. The Bertz CT molecular complexity index is 668. The predicted molar refractivity (Wildman–Crippen MR) is 70.7 cm³/mol. The Hall–Kier alpha value is -1.27. The molecule has 3 heterocycles. The molecule has 0 saturated carbocycles. The summed E-state index contributed by atoms with van der Waals surface area (Å²) in [6.07, 6.45) is 3.33. The Labute approximate surface area is 112 Å². The summed E-state index contributed by atoms with van der Waals surface area (Å²) < 4.78 is 7.71. The van der Waals surface area contributed by atoms with E-state index in [4.69, 9.17) is 4.74 Å². The Kier molecular flexibility index (Phi) is 2.91. The fourth-order valence-corrected chi connectivity index (χ4v) is 2.75. The smallest absolute Gasteiger partial charge is 0.280 e. The number of fused-ring (bicyclic) bond motifs is 2. The molecule has 94 valence electrons. The van der Waals surface area contributed by atoms with Crippen molar-refractivity contribution >= 4 is 27.0 Å². The van der Waals surface area contributed by atoms with Gasteiger partial charge < -0.3 is 4.74 Å². The van der Waals surface area contributed by atoms with Crippen molar-refractivity contribution in [3.63, 3.8) is 0 Å². The Morgan fingerprint density at radius 2 is 2.44 bits per heavy atom. The highest BCUT2D eigenvalue weighted by atomic mass is 79.9. The zero-order valence-electron chi connectivity index (χ0n) is 9.89. The zero-order chi connectivity index (χ0) is 12.7. The second-order valence-electron chi connectivity index (χ2n) is 4.37. The second kappa shape index (κ2) is 4.44. The summed E-state index contributed by atoms with van der Waals surface area (Å²) >= 11 is 3.34. The number of halogens is 1. The molecule has 1 unspecified atom stereocenters. The molecule has 0 aliphatic carbocycles. The first-order valence-electron chi connectivity index (χ1n) is 5.76. The van der Waals surface area contributed by atoms with Gasteiger partial charge in [0, 0.05) is 24.2 Å². The summed E-state index contributed by atoms with van der Waals surface area (Å²) in [5, 5.41) is 0. The number of ether oxygens (including phenoxy) is 1. The van der Waals surface area contributed by atoms with Gasteiger partial charge in [-0.05, 0) is 28.4 Å².